The number of nitriles is 1. The molecule has 0 saturated carbocycles. The number of benzene rings is 1. The first-order valence-electron chi connectivity index (χ1n) is 4.03. The topological polar surface area (TPSA) is 49.8 Å². The molecule has 2 N–H and O–H groups in total. The second kappa shape index (κ2) is 3.49. The van der Waals surface area contributed by atoms with Crippen LogP contribution in [0.4, 0.5) is 5.00 Å². The smallest absolute Gasteiger partial charge is 0.0995 e. The largest absolute Gasteiger partial charge is 0.391 e. The number of alkyl halides is 1. The first kappa shape index (κ1) is 9.32. The molecule has 0 atom stereocenters. The van der Waals surface area contributed by atoms with Gasteiger partial charge < -0.3 is 5.73 Å². The average molecular weight is 223 g/mol. The van der Waals surface area contributed by atoms with Crippen LogP contribution in [0.3, 0.4) is 0 Å². The minimum atomic E-state index is 0.347. The number of thiophene rings is 1. The van der Waals surface area contributed by atoms with Gasteiger partial charge in [-0.3, -0.25) is 0 Å². The van der Waals surface area contributed by atoms with E-state index in [0.29, 0.717) is 11.4 Å². The van der Waals surface area contributed by atoms with Gasteiger partial charge in [0.15, 0.2) is 0 Å². The van der Waals surface area contributed by atoms with Crippen molar-refractivity contribution in [2.24, 2.45) is 0 Å². The summed E-state index contributed by atoms with van der Waals surface area (Å²) >= 11 is 7.29. The molecule has 0 spiro atoms. The summed E-state index contributed by atoms with van der Waals surface area (Å²) in [6.45, 7) is 0. The fraction of sp³-hybridized carbons (Fsp3) is 0.100. The summed E-state index contributed by atoms with van der Waals surface area (Å²) in [6, 6.07) is 7.71. The van der Waals surface area contributed by atoms with Crippen molar-refractivity contribution in [3.05, 3.63) is 29.3 Å². The Kier molecular flexibility index (Phi) is 2.32. The van der Waals surface area contributed by atoms with E-state index in [1.165, 1.54) is 11.3 Å². The summed E-state index contributed by atoms with van der Waals surface area (Å²) in [7, 11) is 0. The van der Waals surface area contributed by atoms with Crippen LogP contribution in [0, 0.1) is 11.3 Å². The molecule has 2 rings (SSSR count). The van der Waals surface area contributed by atoms with Crippen LogP contribution < -0.4 is 5.73 Å². The van der Waals surface area contributed by atoms with E-state index in [9.17, 15) is 0 Å². The molecule has 0 fully saturated rings. The molecule has 0 aliphatic rings. The molecule has 1 aromatic carbocycles. The monoisotopic (exact) mass is 222 g/mol. The molecule has 1 aromatic heterocycles. The van der Waals surface area contributed by atoms with Gasteiger partial charge in [0.2, 0.25) is 0 Å². The van der Waals surface area contributed by atoms with E-state index in [1.54, 1.807) is 6.07 Å². The normalized spacial score (nSPS) is 10.3. The molecule has 0 aliphatic heterocycles. The summed E-state index contributed by atoms with van der Waals surface area (Å²) < 4.78 is 1.02. The highest BCUT2D eigenvalue weighted by molar-refractivity contribution is 7.22. The zero-order valence-corrected chi connectivity index (χ0v) is 8.82. The molecular formula is C10H7ClN2S. The second-order valence-electron chi connectivity index (χ2n) is 2.90. The highest BCUT2D eigenvalue weighted by Gasteiger charge is 2.08. The Hall–Kier alpha value is -1.24. The Balaban J connectivity index is 2.84. The molecule has 0 aliphatic carbocycles. The lowest BCUT2D eigenvalue weighted by molar-refractivity contribution is 1.40. The minimum absolute atomic E-state index is 0.347. The van der Waals surface area contributed by atoms with E-state index in [0.717, 1.165) is 20.7 Å². The van der Waals surface area contributed by atoms with E-state index >= 15 is 0 Å². The number of hydrogen-bond acceptors (Lipinski definition) is 3. The minimum Gasteiger partial charge on any atom is -0.391 e. The Morgan fingerprint density at radius 1 is 1.50 bits per heavy atom. The second-order valence-corrected chi connectivity index (χ2v) is 4.26. The number of fused-ring (bicyclic) bond motifs is 1. The molecule has 0 bridgehead atoms. The number of nitrogens with zero attached hydrogens (tertiary/aromatic N) is 1. The molecule has 4 heteroatoms. The molecule has 1 heterocycles. The number of nitrogen functional groups attached to an aromatic ring is 1. The molecule has 0 saturated heterocycles. The third-order valence-electron chi connectivity index (χ3n) is 2.06. The van der Waals surface area contributed by atoms with Crippen LogP contribution in [0.5, 0.6) is 0 Å². The summed E-state index contributed by atoms with van der Waals surface area (Å²) in [4.78, 5) is 0. The van der Waals surface area contributed by atoms with E-state index in [4.69, 9.17) is 22.6 Å². The van der Waals surface area contributed by atoms with Gasteiger partial charge in [-0.25, -0.2) is 0 Å². The van der Waals surface area contributed by atoms with Crippen LogP contribution >= 0.6 is 22.9 Å². The number of rotatable bonds is 1. The Morgan fingerprint density at radius 3 is 2.93 bits per heavy atom. The lowest BCUT2D eigenvalue weighted by Gasteiger charge is -1.99. The van der Waals surface area contributed by atoms with Crippen LogP contribution in [0.2, 0.25) is 0 Å². The van der Waals surface area contributed by atoms with Crippen LogP contribution in [0.1, 0.15) is 11.1 Å². The van der Waals surface area contributed by atoms with E-state index in [1.807, 2.05) is 12.1 Å². The fourth-order valence-electron chi connectivity index (χ4n) is 1.42. The van der Waals surface area contributed by atoms with E-state index in [-0.39, 0.29) is 0 Å². The SMILES string of the molecule is N#Cc1ccc2cc(N)sc2c1CCl. The molecule has 14 heavy (non-hydrogen) atoms. The molecule has 2 aromatic rings. The van der Waals surface area contributed by atoms with Gasteiger partial charge in [-0.2, -0.15) is 5.26 Å². The Bertz CT molecular complexity index is 525. The molecule has 0 radical (unpaired) electrons. The van der Waals surface area contributed by atoms with Crippen molar-refractivity contribution in [2.75, 3.05) is 5.73 Å². The van der Waals surface area contributed by atoms with Gasteiger partial charge in [0.25, 0.3) is 0 Å². The molecule has 0 unspecified atom stereocenters. The molecule has 2 nitrogen and oxygen atoms in total. The van der Waals surface area contributed by atoms with E-state index < -0.39 is 0 Å². The zero-order chi connectivity index (χ0) is 10.1. The predicted molar refractivity (Wildman–Crippen MR) is 60.5 cm³/mol. The number of hydrogen-bond donors (Lipinski definition) is 1. The Morgan fingerprint density at radius 2 is 2.29 bits per heavy atom. The van der Waals surface area contributed by atoms with Gasteiger partial charge in [-0.05, 0) is 17.5 Å². The van der Waals surface area contributed by atoms with Gasteiger partial charge >= 0.3 is 0 Å². The van der Waals surface area contributed by atoms with Crippen LogP contribution in [-0.2, 0) is 5.88 Å². The van der Waals surface area contributed by atoms with Crippen molar-refractivity contribution in [2.45, 2.75) is 5.88 Å². The van der Waals surface area contributed by atoms with Gasteiger partial charge in [0.05, 0.1) is 22.5 Å². The van der Waals surface area contributed by atoms with E-state index in [2.05, 4.69) is 6.07 Å². The first-order valence-corrected chi connectivity index (χ1v) is 5.38. The van der Waals surface area contributed by atoms with Gasteiger partial charge in [-0.15, -0.1) is 22.9 Å². The maximum atomic E-state index is 8.88. The maximum Gasteiger partial charge on any atom is 0.0995 e. The van der Waals surface area contributed by atoms with Crippen molar-refractivity contribution >= 4 is 38.0 Å². The highest BCUT2D eigenvalue weighted by Crippen LogP contribution is 2.32. The lowest BCUT2D eigenvalue weighted by Crippen LogP contribution is -1.85. The van der Waals surface area contributed by atoms with Crippen LogP contribution in [0.25, 0.3) is 10.1 Å². The molecular weight excluding hydrogens is 216 g/mol. The Labute approximate surface area is 90.5 Å². The standard InChI is InChI=1S/C10H7ClN2S/c11-4-8-7(5-12)2-1-6-3-9(13)14-10(6)8/h1-3H,4,13H2. The predicted octanol–water partition coefficient (Wildman–Crippen LogP) is 3.09. The summed E-state index contributed by atoms with van der Waals surface area (Å²) in [5.74, 6) is 0.347. The number of anilines is 1. The van der Waals surface area contributed by atoms with Crippen molar-refractivity contribution < 1.29 is 0 Å². The summed E-state index contributed by atoms with van der Waals surface area (Å²) in [5, 5.41) is 10.7. The molecule has 70 valence electrons. The summed E-state index contributed by atoms with van der Waals surface area (Å²) in [5.41, 5.74) is 7.21. The first-order chi connectivity index (χ1) is 6.76. The van der Waals surface area contributed by atoms with Crippen LogP contribution in [0.15, 0.2) is 18.2 Å². The quantitative estimate of drug-likeness (QED) is 0.754. The fourth-order valence-corrected chi connectivity index (χ4v) is 2.75. The van der Waals surface area contributed by atoms with Gasteiger partial charge in [0.1, 0.15) is 0 Å². The van der Waals surface area contributed by atoms with Crippen LogP contribution in [-0.4, -0.2) is 0 Å². The highest BCUT2D eigenvalue weighted by atomic mass is 35.5. The maximum absolute atomic E-state index is 8.88. The molecule has 0 amide bonds. The van der Waals surface area contributed by atoms with Gasteiger partial charge in [0, 0.05) is 10.3 Å². The average Bonchev–Trinajstić information content (AvgIpc) is 2.56. The van der Waals surface area contributed by atoms with Crippen molar-refractivity contribution in [3.8, 4) is 6.07 Å². The van der Waals surface area contributed by atoms with Gasteiger partial charge in [-0.1, -0.05) is 6.07 Å². The lowest BCUT2D eigenvalue weighted by atomic mass is 10.1. The third kappa shape index (κ3) is 1.33. The summed E-state index contributed by atoms with van der Waals surface area (Å²) in [6.07, 6.45) is 0. The third-order valence-corrected chi connectivity index (χ3v) is 3.37. The number of halogens is 1. The van der Waals surface area contributed by atoms with Crippen molar-refractivity contribution in [1.82, 2.24) is 0 Å². The van der Waals surface area contributed by atoms with Crippen molar-refractivity contribution in [1.29, 1.82) is 5.26 Å². The zero-order valence-electron chi connectivity index (χ0n) is 7.25. The van der Waals surface area contributed by atoms with Crippen molar-refractivity contribution in [3.63, 3.8) is 0 Å². The number of nitrogens with two attached hydrogens (primary N) is 1.